The minimum Gasteiger partial charge on any atom is -0.207 e. The molecule has 0 saturated carbocycles. The highest BCUT2D eigenvalue weighted by Gasteiger charge is 2.35. The predicted molar refractivity (Wildman–Crippen MR) is 61.5 cm³/mol. The Morgan fingerprint density at radius 1 is 1.16 bits per heavy atom. The lowest BCUT2D eigenvalue weighted by Crippen LogP contribution is -2.30. The molecule has 1 aromatic carbocycles. The van der Waals surface area contributed by atoms with Crippen molar-refractivity contribution in [3.63, 3.8) is 0 Å². The quantitative estimate of drug-likeness (QED) is 0.802. The zero-order valence-electron chi connectivity index (χ0n) is 10.3. The van der Waals surface area contributed by atoms with Crippen LogP contribution in [-0.2, 0) is 16.2 Å². The highest BCUT2D eigenvalue weighted by molar-refractivity contribution is 7.89. The number of sulfonamides is 1. The average Bonchev–Trinajstić information content (AvgIpc) is 2.28. The van der Waals surface area contributed by atoms with Crippen molar-refractivity contribution in [3.8, 4) is 0 Å². The van der Waals surface area contributed by atoms with E-state index in [1.54, 1.807) is 13.8 Å². The van der Waals surface area contributed by atoms with Gasteiger partial charge < -0.3 is 0 Å². The fourth-order valence-corrected chi connectivity index (χ4v) is 3.08. The van der Waals surface area contributed by atoms with Gasteiger partial charge in [-0.25, -0.2) is 12.8 Å². The molecule has 0 heterocycles. The van der Waals surface area contributed by atoms with Crippen LogP contribution in [0.2, 0.25) is 0 Å². The maximum absolute atomic E-state index is 13.1. The molecule has 0 unspecified atom stereocenters. The Kier molecular flexibility index (Phi) is 4.57. The van der Waals surface area contributed by atoms with E-state index < -0.39 is 32.5 Å². The molecule has 0 aromatic heterocycles. The molecular weight excluding hydrogens is 286 g/mol. The molecule has 0 spiro atoms. The molecule has 0 saturated heterocycles. The molecule has 0 fully saturated rings. The van der Waals surface area contributed by atoms with Crippen LogP contribution in [0.3, 0.4) is 0 Å². The second kappa shape index (κ2) is 5.46. The third-order valence-corrected chi connectivity index (χ3v) is 4.63. The summed E-state index contributed by atoms with van der Waals surface area (Å²) in [6, 6.07) is 1.67. The van der Waals surface area contributed by atoms with Crippen molar-refractivity contribution in [2.24, 2.45) is 0 Å². The van der Waals surface area contributed by atoms with Crippen molar-refractivity contribution in [1.82, 2.24) is 4.31 Å². The summed E-state index contributed by atoms with van der Waals surface area (Å²) in [5.74, 6) is -1.49. The first kappa shape index (κ1) is 15.9. The third-order valence-electron chi connectivity index (χ3n) is 2.59. The molecule has 1 rings (SSSR count). The molecule has 108 valence electrons. The second-order valence-electron chi connectivity index (χ2n) is 3.73. The maximum Gasteiger partial charge on any atom is 0.419 e. The lowest BCUT2D eigenvalue weighted by atomic mass is 10.2. The fraction of sp³-hybridized carbons (Fsp3) is 0.455. The van der Waals surface area contributed by atoms with Gasteiger partial charge in [-0.1, -0.05) is 13.8 Å². The summed E-state index contributed by atoms with van der Waals surface area (Å²) in [7, 11) is -4.03. The predicted octanol–water partition coefficient (Wildman–Crippen LogP) is 2.88. The van der Waals surface area contributed by atoms with E-state index in [1.807, 2.05) is 0 Å². The van der Waals surface area contributed by atoms with E-state index in [9.17, 15) is 26.0 Å². The molecule has 0 amide bonds. The molecule has 0 aliphatic carbocycles. The number of alkyl halides is 3. The number of halogens is 4. The Morgan fingerprint density at radius 3 is 2.11 bits per heavy atom. The summed E-state index contributed by atoms with van der Waals surface area (Å²) in [5, 5.41) is 0. The molecular formula is C11H13F4NO2S. The Balaban J connectivity index is 3.38. The molecule has 1 aromatic rings. The summed E-state index contributed by atoms with van der Waals surface area (Å²) in [5.41, 5.74) is -1.58. The lowest BCUT2D eigenvalue weighted by Gasteiger charge is -2.19. The standard InChI is InChI=1S/C11H13F4NO2S/c1-3-16(4-2)19(17,18)8-5-6-10(12)9(7-8)11(13,14)15/h5-7H,3-4H2,1-2H3. The van der Waals surface area contributed by atoms with Gasteiger partial charge in [0.15, 0.2) is 0 Å². The van der Waals surface area contributed by atoms with E-state index in [2.05, 4.69) is 0 Å². The summed E-state index contributed by atoms with van der Waals surface area (Å²) in [6.45, 7) is 3.37. The molecule has 19 heavy (non-hydrogen) atoms. The lowest BCUT2D eigenvalue weighted by molar-refractivity contribution is -0.140. The Morgan fingerprint density at radius 2 is 1.68 bits per heavy atom. The highest BCUT2D eigenvalue weighted by atomic mass is 32.2. The smallest absolute Gasteiger partial charge is 0.207 e. The normalized spacial score (nSPS) is 13.0. The molecule has 0 radical (unpaired) electrons. The van der Waals surface area contributed by atoms with Crippen LogP contribution in [0.1, 0.15) is 19.4 Å². The molecule has 0 aliphatic heterocycles. The van der Waals surface area contributed by atoms with E-state index >= 15 is 0 Å². The van der Waals surface area contributed by atoms with Gasteiger partial charge in [-0.3, -0.25) is 0 Å². The monoisotopic (exact) mass is 299 g/mol. The fourth-order valence-electron chi connectivity index (χ4n) is 1.59. The van der Waals surface area contributed by atoms with Crippen molar-refractivity contribution < 1.29 is 26.0 Å². The zero-order chi connectivity index (χ0) is 14.8. The summed E-state index contributed by atoms with van der Waals surface area (Å²) in [4.78, 5) is -0.565. The van der Waals surface area contributed by atoms with E-state index in [1.165, 1.54) is 0 Å². The summed E-state index contributed by atoms with van der Waals surface area (Å²) in [6.07, 6.45) is -4.93. The maximum atomic E-state index is 13.1. The van der Waals surface area contributed by atoms with Gasteiger partial charge in [0, 0.05) is 13.1 Å². The Labute approximate surface area is 108 Å². The van der Waals surface area contributed by atoms with Crippen LogP contribution in [-0.4, -0.2) is 25.8 Å². The van der Waals surface area contributed by atoms with Crippen molar-refractivity contribution in [1.29, 1.82) is 0 Å². The van der Waals surface area contributed by atoms with Crippen molar-refractivity contribution >= 4 is 10.0 Å². The molecule has 3 nitrogen and oxygen atoms in total. The SMILES string of the molecule is CCN(CC)S(=O)(=O)c1ccc(F)c(C(F)(F)F)c1. The van der Waals surface area contributed by atoms with Crippen LogP contribution in [0.5, 0.6) is 0 Å². The van der Waals surface area contributed by atoms with E-state index in [-0.39, 0.29) is 13.1 Å². The van der Waals surface area contributed by atoms with Gasteiger partial charge in [-0.15, -0.1) is 0 Å². The molecule has 0 bridgehead atoms. The van der Waals surface area contributed by atoms with Gasteiger partial charge >= 0.3 is 6.18 Å². The van der Waals surface area contributed by atoms with Gasteiger partial charge in [0.2, 0.25) is 10.0 Å². The molecule has 0 N–H and O–H groups in total. The first-order valence-corrected chi connectivity index (χ1v) is 6.95. The molecule has 8 heteroatoms. The first-order valence-electron chi connectivity index (χ1n) is 5.51. The van der Waals surface area contributed by atoms with E-state index in [0.717, 1.165) is 10.4 Å². The van der Waals surface area contributed by atoms with Crippen LogP contribution in [0, 0.1) is 5.82 Å². The number of benzene rings is 1. The topological polar surface area (TPSA) is 37.4 Å². The number of hydrogen-bond acceptors (Lipinski definition) is 2. The van der Waals surface area contributed by atoms with Gasteiger partial charge in [0.05, 0.1) is 10.5 Å². The van der Waals surface area contributed by atoms with E-state index in [0.29, 0.717) is 12.1 Å². The van der Waals surface area contributed by atoms with Gasteiger partial charge in [0.1, 0.15) is 5.82 Å². The largest absolute Gasteiger partial charge is 0.419 e. The minimum atomic E-state index is -4.93. The Bertz CT molecular complexity index is 550. The number of hydrogen-bond donors (Lipinski definition) is 0. The van der Waals surface area contributed by atoms with Crippen LogP contribution in [0.15, 0.2) is 23.1 Å². The van der Waals surface area contributed by atoms with Crippen LogP contribution < -0.4 is 0 Å². The van der Waals surface area contributed by atoms with Gasteiger partial charge in [0.25, 0.3) is 0 Å². The van der Waals surface area contributed by atoms with Crippen LogP contribution in [0.4, 0.5) is 17.6 Å². The zero-order valence-corrected chi connectivity index (χ0v) is 11.1. The molecule has 0 atom stereocenters. The van der Waals surface area contributed by atoms with Gasteiger partial charge in [-0.2, -0.15) is 17.5 Å². The summed E-state index contributed by atoms with van der Waals surface area (Å²) >= 11 is 0. The van der Waals surface area contributed by atoms with E-state index in [4.69, 9.17) is 0 Å². The number of rotatable bonds is 4. The first-order chi connectivity index (χ1) is 8.64. The van der Waals surface area contributed by atoms with Gasteiger partial charge in [-0.05, 0) is 18.2 Å². The Hall–Kier alpha value is -1.15. The highest BCUT2D eigenvalue weighted by Crippen LogP contribution is 2.33. The third kappa shape index (κ3) is 3.24. The average molecular weight is 299 g/mol. The van der Waals surface area contributed by atoms with Crippen molar-refractivity contribution in [2.75, 3.05) is 13.1 Å². The van der Waals surface area contributed by atoms with Crippen molar-refractivity contribution in [3.05, 3.63) is 29.6 Å². The summed E-state index contributed by atoms with van der Waals surface area (Å²) < 4.78 is 75.7. The second-order valence-corrected chi connectivity index (χ2v) is 5.67. The molecule has 0 aliphatic rings. The van der Waals surface area contributed by atoms with Crippen LogP contribution in [0.25, 0.3) is 0 Å². The number of nitrogens with zero attached hydrogens (tertiary/aromatic N) is 1. The minimum absolute atomic E-state index is 0.123. The van der Waals surface area contributed by atoms with Crippen LogP contribution >= 0.6 is 0 Å². The van der Waals surface area contributed by atoms with Crippen molar-refractivity contribution in [2.45, 2.75) is 24.9 Å².